The molecule has 0 aliphatic carbocycles. The number of hydrogen-bond acceptors (Lipinski definition) is 1. The molecule has 0 aromatic heterocycles. The molecule has 0 radical (unpaired) electrons. The Bertz CT molecular complexity index is 362. The number of carbonyl (C=O) groups is 1. The molecule has 13 heavy (non-hydrogen) atoms. The van der Waals surface area contributed by atoms with E-state index >= 15 is 0 Å². The second-order valence-corrected chi connectivity index (χ2v) is 40.1. The summed E-state index contributed by atoms with van der Waals surface area (Å²) >= 11 is 5.23. The van der Waals surface area contributed by atoms with Gasteiger partial charge in [-0.05, 0) is 0 Å². The van der Waals surface area contributed by atoms with Crippen LogP contribution in [0.4, 0.5) is 0 Å². The van der Waals surface area contributed by atoms with Crippen molar-refractivity contribution >= 4 is 57.1 Å². The average Bonchev–Trinajstić information content (AvgIpc) is 2.13. The fourth-order valence-corrected chi connectivity index (χ4v) is 13.6. The van der Waals surface area contributed by atoms with Crippen molar-refractivity contribution in [1.82, 2.24) is 0 Å². The molecule has 4 heteroatoms. The summed E-state index contributed by atoms with van der Waals surface area (Å²) in [6.45, 7) is 0. The molecule has 0 saturated heterocycles. The first-order valence-electron chi connectivity index (χ1n) is 3.94. The number of halogens is 2. The predicted octanol–water partition coefficient (Wildman–Crippen LogP) is 2.79. The van der Waals surface area contributed by atoms with Gasteiger partial charge in [0.25, 0.3) is 0 Å². The van der Waals surface area contributed by atoms with Gasteiger partial charge in [0, 0.05) is 0 Å². The molecule has 1 aromatic carbocycles. The molecule has 2 rings (SSSR count). The SMILES string of the molecule is O=C1CC[Te](I)(I)c2ccccc21. The Labute approximate surface area is 101 Å². The number of hydrogen-bond donors (Lipinski definition) is 0. The van der Waals surface area contributed by atoms with Crippen molar-refractivity contribution in [2.75, 3.05) is 0 Å². The summed E-state index contributed by atoms with van der Waals surface area (Å²) in [6.07, 6.45) is 0.768. The number of ketones is 1. The number of carbonyl (C=O) groups excluding carboxylic acids is 1. The molecular formula is C9H8I2OTe. The summed E-state index contributed by atoms with van der Waals surface area (Å²) in [5, 5.41) is 0. The van der Waals surface area contributed by atoms with Gasteiger partial charge < -0.3 is 0 Å². The van der Waals surface area contributed by atoms with E-state index in [1.54, 1.807) is 0 Å². The van der Waals surface area contributed by atoms with Crippen LogP contribution in [0.3, 0.4) is 0 Å². The summed E-state index contributed by atoms with van der Waals surface area (Å²) in [5.74, 6) is 0.339. The molecule has 1 heterocycles. The fraction of sp³-hybridized carbons (Fsp3) is 0.222. The zero-order valence-electron chi connectivity index (χ0n) is 6.80. The van der Waals surface area contributed by atoms with E-state index in [-0.39, 0.29) is 0 Å². The Balaban J connectivity index is 2.61. The maximum absolute atomic E-state index is 11.6. The number of fused-ring (bicyclic) bond motifs is 1. The molecule has 0 N–H and O–H groups in total. The molecule has 0 unspecified atom stereocenters. The summed E-state index contributed by atoms with van der Waals surface area (Å²) in [4.78, 5) is 11.6. The number of benzene rings is 1. The third-order valence-corrected chi connectivity index (χ3v) is 19.3. The van der Waals surface area contributed by atoms with Crippen LogP contribution in [-0.2, 0) is 0 Å². The Morgan fingerprint density at radius 2 is 1.92 bits per heavy atom. The van der Waals surface area contributed by atoms with Gasteiger partial charge in [-0.25, -0.2) is 0 Å². The molecule has 0 saturated carbocycles. The third-order valence-electron chi connectivity index (χ3n) is 2.09. The second kappa shape index (κ2) is 3.95. The first-order chi connectivity index (χ1) is 6.11. The average molecular weight is 514 g/mol. The van der Waals surface area contributed by atoms with E-state index < -0.39 is 10.3 Å². The van der Waals surface area contributed by atoms with Gasteiger partial charge in [0.2, 0.25) is 0 Å². The summed E-state index contributed by atoms with van der Waals surface area (Å²) in [6, 6.07) is 8.14. The van der Waals surface area contributed by atoms with Crippen molar-refractivity contribution in [2.45, 2.75) is 10.9 Å². The van der Waals surface area contributed by atoms with Crippen LogP contribution < -0.4 is 3.61 Å². The first-order valence-corrected chi connectivity index (χ1v) is 20.3. The van der Waals surface area contributed by atoms with Gasteiger partial charge in [-0.2, -0.15) is 0 Å². The molecule has 0 spiro atoms. The normalized spacial score (nSPS) is 22.2. The van der Waals surface area contributed by atoms with Gasteiger partial charge in [0.05, 0.1) is 0 Å². The van der Waals surface area contributed by atoms with E-state index in [2.05, 4.69) is 49.5 Å². The minimum atomic E-state index is -1.87. The van der Waals surface area contributed by atoms with Crippen molar-refractivity contribution in [3.05, 3.63) is 29.8 Å². The number of rotatable bonds is 0. The maximum atomic E-state index is 11.6. The molecule has 0 fully saturated rings. The van der Waals surface area contributed by atoms with E-state index in [9.17, 15) is 4.79 Å². The van der Waals surface area contributed by atoms with E-state index in [0.29, 0.717) is 5.78 Å². The van der Waals surface area contributed by atoms with E-state index in [4.69, 9.17) is 0 Å². The summed E-state index contributed by atoms with van der Waals surface area (Å²) < 4.78 is 2.52. The molecule has 1 aliphatic heterocycles. The monoisotopic (exact) mass is 516 g/mol. The van der Waals surface area contributed by atoms with Gasteiger partial charge in [0.1, 0.15) is 0 Å². The summed E-state index contributed by atoms with van der Waals surface area (Å²) in [7, 11) is -1.87. The van der Waals surface area contributed by atoms with Crippen LogP contribution >= 0.6 is 37.4 Å². The van der Waals surface area contributed by atoms with Crippen molar-refractivity contribution in [3.63, 3.8) is 0 Å². The molecule has 70 valence electrons. The van der Waals surface area contributed by atoms with Crippen molar-refractivity contribution < 1.29 is 4.79 Å². The molecule has 1 aliphatic rings. The van der Waals surface area contributed by atoms with Crippen molar-refractivity contribution in [1.29, 1.82) is 0 Å². The van der Waals surface area contributed by atoms with Crippen LogP contribution in [0.2, 0.25) is 4.47 Å². The van der Waals surface area contributed by atoms with Gasteiger partial charge >= 0.3 is 103 Å². The van der Waals surface area contributed by atoms with Crippen LogP contribution in [0.5, 0.6) is 0 Å². The van der Waals surface area contributed by atoms with E-state index in [0.717, 1.165) is 16.5 Å². The zero-order valence-corrected chi connectivity index (χ0v) is 13.4. The van der Waals surface area contributed by atoms with Gasteiger partial charge in [-0.1, -0.05) is 0 Å². The molecule has 1 aromatic rings. The van der Waals surface area contributed by atoms with Crippen LogP contribution in [0.15, 0.2) is 24.3 Å². The predicted molar refractivity (Wildman–Crippen MR) is 73.6 cm³/mol. The van der Waals surface area contributed by atoms with Crippen LogP contribution in [0.25, 0.3) is 0 Å². The van der Waals surface area contributed by atoms with E-state index in [1.807, 2.05) is 12.1 Å². The Hall–Kier alpha value is 1.14. The molecule has 0 bridgehead atoms. The van der Waals surface area contributed by atoms with Crippen molar-refractivity contribution in [3.8, 4) is 0 Å². The molecule has 0 amide bonds. The van der Waals surface area contributed by atoms with E-state index in [1.165, 1.54) is 3.61 Å². The van der Waals surface area contributed by atoms with Crippen LogP contribution in [0.1, 0.15) is 16.8 Å². The third kappa shape index (κ3) is 2.06. The Kier molecular flexibility index (Phi) is 3.24. The second-order valence-electron chi connectivity index (χ2n) is 2.95. The summed E-state index contributed by atoms with van der Waals surface area (Å²) in [5.41, 5.74) is 0.999. The Morgan fingerprint density at radius 1 is 1.23 bits per heavy atom. The van der Waals surface area contributed by atoms with Crippen molar-refractivity contribution in [2.24, 2.45) is 0 Å². The van der Waals surface area contributed by atoms with Crippen LogP contribution in [-0.4, -0.2) is 16.1 Å². The molecule has 0 atom stereocenters. The number of Topliss-reactive ketones (excluding diaryl/α,β-unsaturated/α-hetero) is 1. The zero-order chi connectivity index (χ0) is 9.47. The standard InChI is InChI=1S/C9H8I2OTe/c10-13(11)6-5-8(12)7-3-1-2-4-9(7)13/h1-4H,5-6H2. The molecular weight excluding hydrogens is 506 g/mol. The van der Waals surface area contributed by atoms with Gasteiger partial charge in [-0.15, -0.1) is 0 Å². The quantitative estimate of drug-likeness (QED) is 0.385. The van der Waals surface area contributed by atoms with Gasteiger partial charge in [-0.3, -0.25) is 0 Å². The molecule has 1 nitrogen and oxygen atoms in total. The topological polar surface area (TPSA) is 17.1 Å². The first kappa shape index (κ1) is 10.7. The minimum absolute atomic E-state index is 0.339. The van der Waals surface area contributed by atoms with Gasteiger partial charge in [0.15, 0.2) is 0 Å². The van der Waals surface area contributed by atoms with Crippen LogP contribution in [0, 0.1) is 0 Å². The fourth-order valence-electron chi connectivity index (χ4n) is 1.42. The Morgan fingerprint density at radius 3 is 2.62 bits per heavy atom.